The largest absolute Gasteiger partial charge is 0.311 e. The van der Waals surface area contributed by atoms with E-state index in [0.29, 0.717) is 0 Å². The summed E-state index contributed by atoms with van der Waals surface area (Å²) in [7, 11) is 0. The maximum atomic E-state index is 2.59. The Morgan fingerprint density at radius 3 is 1.92 bits per heavy atom. The van der Waals surface area contributed by atoms with Gasteiger partial charge in [0.15, 0.2) is 0 Å². The van der Waals surface area contributed by atoms with Crippen LogP contribution in [0.3, 0.4) is 0 Å². The van der Waals surface area contributed by atoms with Crippen molar-refractivity contribution in [2.24, 2.45) is 0 Å². The van der Waals surface area contributed by atoms with E-state index in [9.17, 15) is 0 Å². The van der Waals surface area contributed by atoms with Gasteiger partial charge in [-0.25, -0.2) is 0 Å². The first kappa shape index (κ1) is 34.1. The fourth-order valence-electron chi connectivity index (χ4n) is 10.3. The highest BCUT2D eigenvalue weighted by molar-refractivity contribution is 6.99. The third kappa shape index (κ3) is 5.10. The van der Waals surface area contributed by atoms with Crippen molar-refractivity contribution < 1.29 is 0 Å². The van der Waals surface area contributed by atoms with Crippen LogP contribution >= 0.6 is 0 Å². The van der Waals surface area contributed by atoms with Crippen LogP contribution in [0.1, 0.15) is 128 Å². The lowest BCUT2D eigenvalue weighted by molar-refractivity contribution is 0.403. The molecule has 2 aliphatic heterocycles. The van der Waals surface area contributed by atoms with E-state index in [0.717, 1.165) is 6.42 Å². The maximum Gasteiger partial charge on any atom is 0.247 e. The number of benzene rings is 5. The minimum atomic E-state index is -0.182. The molecule has 0 atom stereocenters. The zero-order valence-corrected chi connectivity index (χ0v) is 33.4. The molecular weight excluding hydrogens is 613 g/mol. The number of hydrogen-bond donors (Lipinski definition) is 0. The van der Waals surface area contributed by atoms with E-state index in [1.54, 1.807) is 0 Å². The molecule has 0 radical (unpaired) electrons. The van der Waals surface area contributed by atoms with E-state index in [1.165, 1.54) is 83.5 Å². The fourth-order valence-corrected chi connectivity index (χ4v) is 10.3. The van der Waals surface area contributed by atoms with Crippen LogP contribution in [0.15, 0.2) is 91.0 Å². The minimum Gasteiger partial charge on any atom is -0.311 e. The van der Waals surface area contributed by atoms with Gasteiger partial charge in [-0.3, -0.25) is 0 Å². The van der Waals surface area contributed by atoms with Crippen molar-refractivity contribution in [3.63, 3.8) is 0 Å². The monoisotopic (exact) mass is 669 g/mol. The van der Waals surface area contributed by atoms with Crippen LogP contribution in [0.25, 0.3) is 11.1 Å². The lowest BCUT2D eigenvalue weighted by Gasteiger charge is -2.46. The Morgan fingerprint density at radius 2 is 1.25 bits per heavy atom. The maximum absolute atomic E-state index is 2.59. The fraction of sp³-hybridized carbons (Fsp3) is 0.388. The Hall–Kier alpha value is -4.04. The van der Waals surface area contributed by atoms with Crippen molar-refractivity contribution in [1.82, 2.24) is 0 Å². The molecule has 8 rings (SSSR count). The summed E-state index contributed by atoms with van der Waals surface area (Å²) in [6, 6.07) is 36.2. The summed E-state index contributed by atoms with van der Waals surface area (Å²) in [5.74, 6) is 0. The van der Waals surface area contributed by atoms with Crippen LogP contribution in [0, 0.1) is 6.92 Å². The molecule has 260 valence electrons. The van der Waals surface area contributed by atoms with Gasteiger partial charge in [-0.05, 0) is 115 Å². The predicted octanol–water partition coefficient (Wildman–Crippen LogP) is 11.2. The molecule has 51 heavy (non-hydrogen) atoms. The second-order valence-corrected chi connectivity index (χ2v) is 19.9. The highest BCUT2D eigenvalue weighted by Crippen LogP contribution is 2.54. The second kappa shape index (κ2) is 10.8. The molecule has 0 saturated heterocycles. The Balaban J connectivity index is 1.48. The third-order valence-corrected chi connectivity index (χ3v) is 12.7. The molecule has 5 aromatic carbocycles. The quantitative estimate of drug-likeness (QED) is 0.166. The van der Waals surface area contributed by atoms with Gasteiger partial charge >= 0.3 is 0 Å². The van der Waals surface area contributed by atoms with Gasteiger partial charge in [0.05, 0.1) is 0 Å². The van der Waals surface area contributed by atoms with Gasteiger partial charge in [-0.15, -0.1) is 0 Å². The summed E-state index contributed by atoms with van der Waals surface area (Å²) in [4.78, 5) is 2.59. The van der Waals surface area contributed by atoms with Gasteiger partial charge in [0, 0.05) is 22.5 Å². The molecule has 5 aromatic rings. The van der Waals surface area contributed by atoms with Crippen LogP contribution in [0.4, 0.5) is 17.1 Å². The Kier molecular flexibility index (Phi) is 7.18. The number of hydrogen-bond acceptors (Lipinski definition) is 1. The standard InChI is InChI=1S/C49H56BN/c1-30-17-24-41-40(25-30)50-39-28-33(46(5,6)7)20-23-36(39)49(12,13)38-26-31(35-15-14-16-37-43(35)48(10,11)29-47(37,8)9)27-42(44(38)50)51(41)34-21-18-32(19-22-34)45(2,3)4/h14-28H,29H2,1-13H3. The zero-order chi connectivity index (χ0) is 36.6. The number of fused-ring (bicyclic) bond motifs is 5. The molecule has 0 saturated carbocycles. The average Bonchev–Trinajstić information content (AvgIpc) is 3.24. The first-order chi connectivity index (χ1) is 23.7. The molecule has 0 unspecified atom stereocenters. The van der Waals surface area contributed by atoms with Crippen molar-refractivity contribution >= 4 is 40.2 Å². The molecule has 0 bridgehead atoms. The van der Waals surface area contributed by atoms with Crippen molar-refractivity contribution in [2.75, 3.05) is 4.90 Å². The number of rotatable bonds is 2. The van der Waals surface area contributed by atoms with Crippen LogP contribution in [-0.4, -0.2) is 6.71 Å². The summed E-state index contributed by atoms with van der Waals surface area (Å²) in [6.45, 7) is 31.1. The Labute approximate surface area is 308 Å². The lowest BCUT2D eigenvalue weighted by Crippen LogP contribution is -2.64. The normalized spacial score (nSPS) is 17.8. The van der Waals surface area contributed by atoms with Crippen molar-refractivity contribution in [3.05, 3.63) is 130 Å². The van der Waals surface area contributed by atoms with E-state index in [2.05, 4.69) is 186 Å². The molecule has 2 heterocycles. The van der Waals surface area contributed by atoms with E-state index in [-0.39, 0.29) is 33.8 Å². The van der Waals surface area contributed by atoms with E-state index >= 15 is 0 Å². The molecule has 3 aliphatic rings. The van der Waals surface area contributed by atoms with Crippen molar-refractivity contribution in [2.45, 2.75) is 124 Å². The predicted molar refractivity (Wildman–Crippen MR) is 223 cm³/mol. The van der Waals surface area contributed by atoms with Crippen molar-refractivity contribution in [1.29, 1.82) is 0 Å². The van der Waals surface area contributed by atoms with E-state index < -0.39 is 0 Å². The minimum absolute atomic E-state index is 0.0609. The van der Waals surface area contributed by atoms with Crippen molar-refractivity contribution in [3.8, 4) is 11.1 Å². The second-order valence-electron chi connectivity index (χ2n) is 19.9. The molecular formula is C49H56BN. The molecule has 2 heteroatoms. The topological polar surface area (TPSA) is 3.24 Å². The Morgan fingerprint density at radius 1 is 0.588 bits per heavy atom. The number of anilines is 3. The molecule has 1 aliphatic carbocycles. The van der Waals surface area contributed by atoms with Gasteiger partial charge in [0.25, 0.3) is 0 Å². The van der Waals surface area contributed by atoms with Gasteiger partial charge in [-0.1, -0.05) is 161 Å². The first-order valence-electron chi connectivity index (χ1n) is 19.2. The highest BCUT2D eigenvalue weighted by Gasteiger charge is 2.48. The van der Waals surface area contributed by atoms with Crippen LogP contribution < -0.4 is 21.3 Å². The molecule has 0 aromatic heterocycles. The van der Waals surface area contributed by atoms with Gasteiger partial charge in [-0.2, -0.15) is 0 Å². The number of aryl methyl sites for hydroxylation is 1. The summed E-state index contributed by atoms with van der Waals surface area (Å²) < 4.78 is 0. The molecule has 0 spiro atoms. The lowest BCUT2D eigenvalue weighted by atomic mass is 9.30. The van der Waals surface area contributed by atoms with Crippen LogP contribution in [0.5, 0.6) is 0 Å². The smallest absolute Gasteiger partial charge is 0.247 e. The van der Waals surface area contributed by atoms with E-state index in [1.807, 2.05) is 0 Å². The van der Waals surface area contributed by atoms with Crippen LogP contribution in [0.2, 0.25) is 0 Å². The van der Waals surface area contributed by atoms with Gasteiger partial charge in [0.2, 0.25) is 6.71 Å². The number of nitrogens with zero attached hydrogens (tertiary/aromatic N) is 1. The third-order valence-electron chi connectivity index (χ3n) is 12.7. The summed E-state index contributed by atoms with van der Waals surface area (Å²) in [5, 5.41) is 0. The molecule has 0 amide bonds. The first-order valence-corrected chi connectivity index (χ1v) is 19.2. The van der Waals surface area contributed by atoms with Gasteiger partial charge < -0.3 is 4.90 Å². The molecule has 1 nitrogen and oxygen atoms in total. The summed E-state index contributed by atoms with van der Waals surface area (Å²) in [6.07, 6.45) is 1.15. The SMILES string of the molecule is Cc1ccc2c(c1)B1c3cc(C(C)(C)C)ccc3C(C)(C)c3cc(-c4cccc5c4C(C)(C)CC5(C)C)cc(c31)N2c1ccc(C(C)(C)C)cc1. The molecule has 0 fully saturated rings. The van der Waals surface area contributed by atoms with E-state index in [4.69, 9.17) is 0 Å². The molecule has 0 N–H and O–H groups in total. The Bertz CT molecular complexity index is 2230. The average molecular weight is 670 g/mol. The summed E-state index contributed by atoms with van der Waals surface area (Å²) >= 11 is 0. The van der Waals surface area contributed by atoms with Gasteiger partial charge in [0.1, 0.15) is 0 Å². The summed E-state index contributed by atoms with van der Waals surface area (Å²) in [5.41, 5.74) is 21.1. The van der Waals surface area contributed by atoms with Crippen LogP contribution in [-0.2, 0) is 27.1 Å². The highest BCUT2D eigenvalue weighted by atomic mass is 15.2. The zero-order valence-electron chi connectivity index (χ0n) is 33.4.